The molecule has 0 aromatic heterocycles. The lowest BCUT2D eigenvalue weighted by molar-refractivity contribution is 0.105. The van der Waals surface area contributed by atoms with Gasteiger partial charge in [-0.05, 0) is 55.6 Å². The highest BCUT2D eigenvalue weighted by Gasteiger charge is 2.14. The lowest BCUT2D eigenvalue weighted by Crippen LogP contribution is -2.37. The summed E-state index contributed by atoms with van der Waals surface area (Å²) in [6, 6.07) is 8.11. The maximum Gasteiger partial charge on any atom is 0.166 e. The molecule has 0 aliphatic carbocycles. The van der Waals surface area contributed by atoms with Crippen LogP contribution in [-0.2, 0) is 11.2 Å². The summed E-state index contributed by atoms with van der Waals surface area (Å²) in [5.74, 6) is 0.887. The number of rotatable bonds is 7. The van der Waals surface area contributed by atoms with Gasteiger partial charge >= 0.3 is 0 Å². The fraction of sp³-hybridized carbons (Fsp3) is 0.562. The van der Waals surface area contributed by atoms with Crippen LogP contribution in [0.2, 0.25) is 0 Å². The van der Waals surface area contributed by atoms with Gasteiger partial charge in [-0.2, -0.15) is 0 Å². The number of thiocarbonyl (C=S) groups is 1. The maximum absolute atomic E-state index is 5.58. The highest BCUT2D eigenvalue weighted by Crippen LogP contribution is 2.14. The molecule has 1 aliphatic rings. The summed E-state index contributed by atoms with van der Waals surface area (Å²) in [5, 5.41) is 7.19. The van der Waals surface area contributed by atoms with Gasteiger partial charge in [0.2, 0.25) is 0 Å². The normalized spacial score (nSPS) is 17.5. The van der Waals surface area contributed by atoms with Crippen LogP contribution in [0.4, 0.5) is 0 Å². The maximum atomic E-state index is 5.58. The number of benzene rings is 1. The molecule has 1 fully saturated rings. The van der Waals surface area contributed by atoms with Gasteiger partial charge in [-0.1, -0.05) is 12.1 Å². The van der Waals surface area contributed by atoms with Gasteiger partial charge < -0.3 is 20.1 Å². The van der Waals surface area contributed by atoms with Gasteiger partial charge in [-0.15, -0.1) is 0 Å². The van der Waals surface area contributed by atoms with E-state index in [0.717, 1.165) is 43.4 Å². The number of hydrogen-bond acceptors (Lipinski definition) is 3. The molecule has 2 rings (SSSR count). The van der Waals surface area contributed by atoms with Gasteiger partial charge in [0.05, 0.1) is 13.2 Å². The Hall–Kier alpha value is -1.33. The Kier molecular flexibility index (Phi) is 6.76. The van der Waals surface area contributed by atoms with Crippen molar-refractivity contribution in [3.05, 3.63) is 29.8 Å². The Bertz CT molecular complexity index is 430. The molecule has 1 aromatic rings. The lowest BCUT2D eigenvalue weighted by atomic mass is 10.1. The van der Waals surface area contributed by atoms with Crippen LogP contribution in [0, 0.1) is 0 Å². The average Bonchev–Trinajstić information content (AvgIpc) is 3.01. The van der Waals surface area contributed by atoms with Crippen molar-refractivity contribution in [3.8, 4) is 5.75 Å². The minimum atomic E-state index is 0.416. The Morgan fingerprint density at radius 1 is 1.29 bits per heavy atom. The number of ether oxygens (including phenoxy) is 2. The summed E-state index contributed by atoms with van der Waals surface area (Å²) in [7, 11) is 1.68. The molecule has 0 radical (unpaired) electrons. The number of hydrogen-bond donors (Lipinski definition) is 2. The molecular formula is C16H24N2O2S. The standard InChI is InChI=1S/C16H24N2O2S/c1-19-14-6-4-13(5-7-14)8-10-17-16(21)18-11-9-15-3-2-12-20-15/h4-7,15H,2-3,8-12H2,1H3,(H2,17,18,21). The molecule has 116 valence electrons. The van der Waals surface area contributed by atoms with Crippen molar-refractivity contribution in [3.63, 3.8) is 0 Å². The molecule has 0 spiro atoms. The second-order valence-corrected chi connectivity index (χ2v) is 5.61. The number of methoxy groups -OCH3 is 1. The van der Waals surface area contributed by atoms with E-state index in [1.807, 2.05) is 12.1 Å². The summed E-state index contributed by atoms with van der Waals surface area (Å²) < 4.78 is 10.7. The summed E-state index contributed by atoms with van der Waals surface area (Å²) in [4.78, 5) is 0. The first-order chi connectivity index (χ1) is 10.3. The van der Waals surface area contributed by atoms with Gasteiger partial charge in [0.25, 0.3) is 0 Å². The molecule has 0 saturated carbocycles. The second-order valence-electron chi connectivity index (χ2n) is 5.20. The van der Waals surface area contributed by atoms with Crippen LogP contribution in [0.15, 0.2) is 24.3 Å². The van der Waals surface area contributed by atoms with Crippen molar-refractivity contribution >= 4 is 17.3 Å². The molecule has 2 N–H and O–H groups in total. The van der Waals surface area contributed by atoms with E-state index in [1.165, 1.54) is 18.4 Å². The van der Waals surface area contributed by atoms with Gasteiger partial charge in [0, 0.05) is 19.7 Å². The van der Waals surface area contributed by atoms with Crippen LogP contribution in [0.5, 0.6) is 5.75 Å². The van der Waals surface area contributed by atoms with Crippen LogP contribution in [0.3, 0.4) is 0 Å². The third-order valence-corrected chi connectivity index (χ3v) is 3.92. The first-order valence-electron chi connectivity index (χ1n) is 7.54. The van der Waals surface area contributed by atoms with E-state index in [4.69, 9.17) is 21.7 Å². The predicted octanol–water partition coefficient (Wildman–Crippen LogP) is 2.27. The Balaban J connectivity index is 1.55. The van der Waals surface area contributed by atoms with E-state index in [2.05, 4.69) is 22.8 Å². The van der Waals surface area contributed by atoms with Gasteiger partial charge in [0.15, 0.2) is 5.11 Å². The van der Waals surface area contributed by atoms with E-state index >= 15 is 0 Å². The molecule has 0 amide bonds. The summed E-state index contributed by atoms with van der Waals surface area (Å²) in [5.41, 5.74) is 1.27. The highest BCUT2D eigenvalue weighted by molar-refractivity contribution is 7.80. The Morgan fingerprint density at radius 2 is 2.05 bits per heavy atom. The van der Waals surface area contributed by atoms with E-state index in [-0.39, 0.29) is 0 Å². The second kappa shape index (κ2) is 8.85. The third-order valence-electron chi connectivity index (χ3n) is 3.63. The van der Waals surface area contributed by atoms with Crippen LogP contribution < -0.4 is 15.4 Å². The largest absolute Gasteiger partial charge is 0.497 e. The van der Waals surface area contributed by atoms with Crippen LogP contribution in [0.1, 0.15) is 24.8 Å². The zero-order chi connectivity index (χ0) is 14.9. The van der Waals surface area contributed by atoms with E-state index in [1.54, 1.807) is 7.11 Å². The molecule has 1 aromatic carbocycles. The zero-order valence-corrected chi connectivity index (χ0v) is 13.4. The molecule has 1 atom stereocenters. The number of nitrogens with one attached hydrogen (secondary N) is 2. The van der Waals surface area contributed by atoms with E-state index in [9.17, 15) is 0 Å². The molecule has 21 heavy (non-hydrogen) atoms. The molecule has 1 aliphatic heterocycles. The topological polar surface area (TPSA) is 42.5 Å². The first kappa shape index (κ1) is 16.0. The molecule has 1 heterocycles. The smallest absolute Gasteiger partial charge is 0.166 e. The van der Waals surface area contributed by atoms with Crippen LogP contribution >= 0.6 is 12.2 Å². The van der Waals surface area contributed by atoms with E-state index < -0.39 is 0 Å². The molecule has 1 saturated heterocycles. The molecule has 0 bridgehead atoms. The van der Waals surface area contributed by atoms with Crippen LogP contribution in [0.25, 0.3) is 0 Å². The Labute approximate surface area is 132 Å². The Morgan fingerprint density at radius 3 is 2.71 bits per heavy atom. The SMILES string of the molecule is COc1ccc(CCNC(=S)NCCC2CCCO2)cc1. The minimum absolute atomic E-state index is 0.416. The monoisotopic (exact) mass is 308 g/mol. The van der Waals surface area contributed by atoms with Crippen molar-refractivity contribution < 1.29 is 9.47 Å². The summed E-state index contributed by atoms with van der Waals surface area (Å²) >= 11 is 5.27. The fourth-order valence-corrected chi connectivity index (χ4v) is 2.60. The van der Waals surface area contributed by atoms with Crippen molar-refractivity contribution in [2.75, 3.05) is 26.8 Å². The average molecular weight is 308 g/mol. The van der Waals surface area contributed by atoms with Gasteiger partial charge in [-0.3, -0.25) is 0 Å². The highest BCUT2D eigenvalue weighted by atomic mass is 32.1. The predicted molar refractivity (Wildman–Crippen MR) is 88.9 cm³/mol. The minimum Gasteiger partial charge on any atom is -0.497 e. The van der Waals surface area contributed by atoms with E-state index in [0.29, 0.717) is 6.10 Å². The third kappa shape index (κ3) is 5.89. The molecule has 4 nitrogen and oxygen atoms in total. The molecule has 1 unspecified atom stereocenters. The first-order valence-corrected chi connectivity index (χ1v) is 7.95. The van der Waals surface area contributed by atoms with Crippen LogP contribution in [-0.4, -0.2) is 38.0 Å². The van der Waals surface area contributed by atoms with Gasteiger partial charge in [-0.25, -0.2) is 0 Å². The van der Waals surface area contributed by atoms with Crippen molar-refractivity contribution in [1.82, 2.24) is 10.6 Å². The van der Waals surface area contributed by atoms with Crippen molar-refractivity contribution in [2.45, 2.75) is 31.8 Å². The molecular weight excluding hydrogens is 284 g/mol. The molecule has 5 heteroatoms. The zero-order valence-electron chi connectivity index (χ0n) is 12.6. The lowest BCUT2D eigenvalue weighted by Gasteiger charge is -2.13. The summed E-state index contributed by atoms with van der Waals surface area (Å²) in [6.07, 6.45) is 4.76. The quantitative estimate of drug-likeness (QED) is 0.757. The fourth-order valence-electron chi connectivity index (χ4n) is 2.39. The summed E-state index contributed by atoms with van der Waals surface area (Å²) in [6.45, 7) is 2.62. The van der Waals surface area contributed by atoms with Crippen molar-refractivity contribution in [2.24, 2.45) is 0 Å². The van der Waals surface area contributed by atoms with Gasteiger partial charge in [0.1, 0.15) is 5.75 Å². The van der Waals surface area contributed by atoms with Crippen molar-refractivity contribution in [1.29, 1.82) is 0 Å².